The second-order valence-corrected chi connectivity index (χ2v) is 8.20. The molecule has 32 heavy (non-hydrogen) atoms. The summed E-state index contributed by atoms with van der Waals surface area (Å²) in [6.45, 7) is 0. The third-order valence-corrected chi connectivity index (χ3v) is 5.72. The third kappa shape index (κ3) is 6.96. The van der Waals surface area contributed by atoms with Gasteiger partial charge >= 0.3 is 5.97 Å². The van der Waals surface area contributed by atoms with Crippen molar-refractivity contribution in [2.24, 2.45) is 0 Å². The molecule has 0 fully saturated rings. The van der Waals surface area contributed by atoms with Crippen LogP contribution in [0.1, 0.15) is 0 Å². The molecular weight excluding hydrogens is 450 g/mol. The number of methoxy groups -OCH3 is 1. The summed E-state index contributed by atoms with van der Waals surface area (Å²) in [5.74, 6) is -1.08. The maximum absolute atomic E-state index is 12.3. The van der Waals surface area contributed by atoms with Crippen LogP contribution >= 0.6 is 23.1 Å². The summed E-state index contributed by atoms with van der Waals surface area (Å²) in [6, 6.07) is 14.4. The van der Waals surface area contributed by atoms with Crippen molar-refractivity contribution < 1.29 is 24.2 Å². The smallest absolute Gasteiger partial charge is 0.328 e. The molecule has 10 heteroatoms. The first kappa shape index (κ1) is 23.0. The van der Waals surface area contributed by atoms with Gasteiger partial charge in [-0.05, 0) is 30.3 Å². The summed E-state index contributed by atoms with van der Waals surface area (Å²) in [5, 5.41) is 16.3. The van der Waals surface area contributed by atoms with E-state index < -0.39 is 11.9 Å². The fourth-order valence-corrected chi connectivity index (χ4v) is 4.04. The number of nitrogens with zero attached hydrogens (tertiary/aromatic N) is 1. The average molecular weight is 470 g/mol. The molecule has 0 aliphatic heterocycles. The van der Waals surface area contributed by atoms with E-state index in [1.165, 1.54) is 23.1 Å². The zero-order valence-corrected chi connectivity index (χ0v) is 18.5. The van der Waals surface area contributed by atoms with Gasteiger partial charge < -0.3 is 20.5 Å². The second-order valence-electron chi connectivity index (χ2n) is 6.30. The van der Waals surface area contributed by atoms with E-state index in [2.05, 4.69) is 15.6 Å². The molecule has 0 atom stereocenters. The number of ether oxygens (including phenoxy) is 1. The second kappa shape index (κ2) is 11.1. The number of hydrogen-bond acceptors (Lipinski definition) is 7. The van der Waals surface area contributed by atoms with E-state index in [1.54, 1.807) is 25.3 Å². The zero-order valence-electron chi connectivity index (χ0n) is 16.9. The standard InChI is InChI=1S/C22H19N3O5S2/c1-30-16-6-2-4-14(10-16)18-12-32-22(24-18)25-20(27)13-31-17-7-3-5-15(11-17)23-19(26)8-9-21(28)29/h2-12H,13H2,1H3,(H,23,26)(H,28,29)(H,24,25,27)/b9-8+. The van der Waals surface area contributed by atoms with Gasteiger partial charge in [-0.25, -0.2) is 9.78 Å². The normalized spacial score (nSPS) is 10.7. The van der Waals surface area contributed by atoms with Crippen molar-refractivity contribution in [3.8, 4) is 17.0 Å². The van der Waals surface area contributed by atoms with E-state index in [-0.39, 0.29) is 11.7 Å². The SMILES string of the molecule is COc1cccc(-c2csc(NC(=O)CSc3cccc(NC(=O)/C=C/C(=O)O)c3)n2)c1. The molecular formula is C22H19N3O5S2. The van der Waals surface area contributed by atoms with Gasteiger partial charge in [0.15, 0.2) is 5.13 Å². The topological polar surface area (TPSA) is 118 Å². The van der Waals surface area contributed by atoms with Crippen molar-refractivity contribution in [1.29, 1.82) is 0 Å². The molecule has 3 rings (SSSR count). The number of carbonyl (C=O) groups excluding carboxylic acids is 2. The molecule has 2 amide bonds. The highest BCUT2D eigenvalue weighted by molar-refractivity contribution is 8.00. The number of aromatic nitrogens is 1. The molecule has 8 nitrogen and oxygen atoms in total. The molecule has 0 radical (unpaired) electrons. The number of nitrogens with one attached hydrogen (secondary N) is 2. The Morgan fingerprint density at radius 2 is 1.94 bits per heavy atom. The first-order valence-electron chi connectivity index (χ1n) is 9.27. The molecule has 1 aromatic heterocycles. The fraction of sp³-hybridized carbons (Fsp3) is 0.0909. The first-order valence-corrected chi connectivity index (χ1v) is 11.1. The number of rotatable bonds is 9. The Balaban J connectivity index is 1.53. The Kier molecular flexibility index (Phi) is 8.01. The van der Waals surface area contributed by atoms with Crippen molar-refractivity contribution in [1.82, 2.24) is 4.98 Å². The van der Waals surface area contributed by atoms with Crippen LogP contribution < -0.4 is 15.4 Å². The molecule has 0 aliphatic rings. The van der Waals surface area contributed by atoms with E-state index in [1.807, 2.05) is 35.7 Å². The van der Waals surface area contributed by atoms with Crippen LogP contribution in [0.15, 0.2) is 71.0 Å². The van der Waals surface area contributed by atoms with E-state index in [9.17, 15) is 14.4 Å². The minimum atomic E-state index is -1.20. The average Bonchev–Trinajstić information content (AvgIpc) is 3.25. The molecule has 1 heterocycles. The van der Waals surface area contributed by atoms with Crippen molar-refractivity contribution in [3.63, 3.8) is 0 Å². The molecule has 0 unspecified atom stereocenters. The third-order valence-electron chi connectivity index (χ3n) is 3.96. The number of carboxylic acids is 1. The number of amides is 2. The van der Waals surface area contributed by atoms with E-state index in [0.29, 0.717) is 10.8 Å². The van der Waals surface area contributed by atoms with E-state index in [0.717, 1.165) is 34.1 Å². The van der Waals surface area contributed by atoms with Crippen LogP contribution in [0.5, 0.6) is 5.75 Å². The van der Waals surface area contributed by atoms with Crippen LogP contribution in [0.3, 0.4) is 0 Å². The Bertz CT molecular complexity index is 1160. The summed E-state index contributed by atoms with van der Waals surface area (Å²) in [7, 11) is 1.60. The van der Waals surface area contributed by atoms with Gasteiger partial charge in [-0.1, -0.05) is 18.2 Å². The van der Waals surface area contributed by atoms with E-state index in [4.69, 9.17) is 9.84 Å². The molecule has 0 aliphatic carbocycles. The highest BCUT2D eigenvalue weighted by atomic mass is 32.2. The Morgan fingerprint density at radius 1 is 1.12 bits per heavy atom. The number of thioether (sulfide) groups is 1. The Labute approximate surface area is 192 Å². The molecule has 3 aromatic rings. The fourth-order valence-electron chi connectivity index (χ4n) is 2.54. The van der Waals surface area contributed by atoms with E-state index >= 15 is 0 Å². The Hall–Kier alpha value is -3.63. The quantitative estimate of drug-likeness (QED) is 0.319. The van der Waals surface area contributed by atoms with Gasteiger partial charge in [0.05, 0.1) is 18.6 Å². The maximum atomic E-state index is 12.3. The van der Waals surface area contributed by atoms with Crippen molar-refractivity contribution in [3.05, 3.63) is 66.1 Å². The summed E-state index contributed by atoms with van der Waals surface area (Å²) in [4.78, 5) is 39.7. The largest absolute Gasteiger partial charge is 0.497 e. The summed E-state index contributed by atoms with van der Waals surface area (Å²) >= 11 is 2.64. The molecule has 0 saturated carbocycles. The number of aliphatic carboxylic acids is 1. The molecule has 0 bridgehead atoms. The molecule has 0 saturated heterocycles. The number of carboxylic acid groups (broad SMARTS) is 1. The highest BCUT2D eigenvalue weighted by Crippen LogP contribution is 2.28. The lowest BCUT2D eigenvalue weighted by atomic mass is 10.2. The number of carbonyl (C=O) groups is 3. The molecule has 164 valence electrons. The van der Waals surface area contributed by atoms with Crippen LogP contribution in [0.25, 0.3) is 11.3 Å². The lowest BCUT2D eigenvalue weighted by Gasteiger charge is -2.06. The number of hydrogen-bond donors (Lipinski definition) is 3. The van der Waals surface area contributed by atoms with Gasteiger partial charge in [-0.3, -0.25) is 9.59 Å². The predicted molar refractivity (Wildman–Crippen MR) is 125 cm³/mol. The minimum absolute atomic E-state index is 0.157. The van der Waals surface area contributed by atoms with Crippen LogP contribution in [0.4, 0.5) is 10.8 Å². The van der Waals surface area contributed by atoms with Crippen LogP contribution in [-0.4, -0.2) is 40.7 Å². The van der Waals surface area contributed by atoms with Gasteiger partial charge in [0.1, 0.15) is 5.75 Å². The van der Waals surface area contributed by atoms with Gasteiger partial charge in [0, 0.05) is 33.7 Å². The van der Waals surface area contributed by atoms with Crippen LogP contribution in [0, 0.1) is 0 Å². The number of benzene rings is 2. The number of anilines is 2. The van der Waals surface area contributed by atoms with Crippen molar-refractivity contribution >= 4 is 51.7 Å². The van der Waals surface area contributed by atoms with Gasteiger partial charge in [-0.15, -0.1) is 23.1 Å². The van der Waals surface area contributed by atoms with Gasteiger partial charge in [-0.2, -0.15) is 0 Å². The molecule has 3 N–H and O–H groups in total. The van der Waals surface area contributed by atoms with Crippen molar-refractivity contribution in [2.75, 3.05) is 23.5 Å². The predicted octanol–water partition coefficient (Wildman–Crippen LogP) is 4.13. The number of thiazole rings is 1. The molecule has 2 aromatic carbocycles. The molecule has 0 spiro atoms. The monoisotopic (exact) mass is 469 g/mol. The van der Waals surface area contributed by atoms with Crippen LogP contribution in [0.2, 0.25) is 0 Å². The highest BCUT2D eigenvalue weighted by Gasteiger charge is 2.10. The zero-order chi connectivity index (χ0) is 22.9. The lowest BCUT2D eigenvalue weighted by molar-refractivity contribution is -0.131. The Morgan fingerprint density at radius 3 is 2.72 bits per heavy atom. The maximum Gasteiger partial charge on any atom is 0.328 e. The van der Waals surface area contributed by atoms with Crippen LogP contribution in [-0.2, 0) is 14.4 Å². The summed E-state index contributed by atoms with van der Waals surface area (Å²) in [6.07, 6.45) is 1.69. The van der Waals surface area contributed by atoms with Crippen molar-refractivity contribution in [2.45, 2.75) is 4.90 Å². The first-order chi connectivity index (χ1) is 15.4. The minimum Gasteiger partial charge on any atom is -0.497 e. The van der Waals surface area contributed by atoms with Gasteiger partial charge in [0.2, 0.25) is 11.8 Å². The van der Waals surface area contributed by atoms with Gasteiger partial charge in [0.25, 0.3) is 0 Å². The summed E-state index contributed by atoms with van der Waals surface area (Å²) < 4.78 is 5.23. The lowest BCUT2D eigenvalue weighted by Crippen LogP contribution is -2.13. The summed E-state index contributed by atoms with van der Waals surface area (Å²) in [5.41, 5.74) is 2.14.